The molecule has 0 heterocycles. The molecule has 0 radical (unpaired) electrons. The van der Waals surface area contributed by atoms with Crippen LogP contribution in [0, 0.1) is 23.7 Å². The Morgan fingerprint density at radius 1 is 0.515 bits per heavy atom. The molecule has 33 heavy (non-hydrogen) atoms. The van der Waals surface area contributed by atoms with Crippen molar-refractivity contribution < 1.29 is 9.13 Å². The lowest BCUT2D eigenvalue weighted by Gasteiger charge is -2.49. The third kappa shape index (κ3) is 5.58. The fourth-order valence-electron chi connectivity index (χ4n) is 8.93. The Balaban J connectivity index is 1.74. The molecule has 0 aromatic rings. The molecular weight excluding hydrogens is 442 g/mol. The van der Waals surface area contributed by atoms with E-state index in [1.165, 1.54) is 70.6 Å². The predicted molar refractivity (Wildman–Crippen MR) is 146 cm³/mol. The molecule has 4 aliphatic carbocycles. The molecule has 0 aliphatic heterocycles. The van der Waals surface area contributed by atoms with Crippen molar-refractivity contribution in [2.24, 2.45) is 23.7 Å². The standard InChI is InChI=1S/C29H54O2P2/c1-22-12-11-16-26(20-22)32(30,27-17-8-5-13-23(27)2)21-33(31,28-18-9-6-14-24(28)3)29-19-10-7-15-25(29)4/h22-29H,5-21H2,1-4H3. The van der Waals surface area contributed by atoms with E-state index >= 15 is 9.13 Å². The summed E-state index contributed by atoms with van der Waals surface area (Å²) >= 11 is 0. The van der Waals surface area contributed by atoms with Gasteiger partial charge in [-0.1, -0.05) is 79.1 Å². The molecule has 4 aliphatic rings. The second kappa shape index (κ2) is 11.2. The first-order chi connectivity index (χ1) is 15.8. The molecular formula is C29H54O2P2. The van der Waals surface area contributed by atoms with Crippen LogP contribution in [0.4, 0.5) is 0 Å². The Labute approximate surface area is 206 Å². The summed E-state index contributed by atoms with van der Waals surface area (Å²) in [6.45, 7) is 9.55. The fraction of sp³-hybridized carbons (Fsp3) is 1.00. The Morgan fingerprint density at radius 3 is 1.36 bits per heavy atom. The van der Waals surface area contributed by atoms with Crippen molar-refractivity contribution in [3.63, 3.8) is 0 Å². The van der Waals surface area contributed by atoms with Gasteiger partial charge in [0.2, 0.25) is 0 Å². The fourth-order valence-corrected chi connectivity index (χ4v) is 22.4. The van der Waals surface area contributed by atoms with Crippen molar-refractivity contribution in [3.8, 4) is 0 Å². The van der Waals surface area contributed by atoms with E-state index in [9.17, 15) is 0 Å². The third-order valence-electron chi connectivity index (χ3n) is 10.9. The van der Waals surface area contributed by atoms with Crippen LogP contribution < -0.4 is 0 Å². The minimum atomic E-state index is -2.55. The second-order valence-electron chi connectivity index (χ2n) is 13.3. The molecule has 4 heteroatoms. The summed E-state index contributed by atoms with van der Waals surface area (Å²) in [5.41, 5.74) is 1.42. The lowest BCUT2D eigenvalue weighted by Crippen LogP contribution is -2.37. The van der Waals surface area contributed by atoms with Gasteiger partial charge in [0.25, 0.3) is 0 Å². The van der Waals surface area contributed by atoms with Crippen molar-refractivity contribution in [3.05, 3.63) is 0 Å². The van der Waals surface area contributed by atoms with Gasteiger partial charge in [-0.05, 0) is 75.0 Å². The zero-order valence-corrected chi connectivity index (χ0v) is 24.1. The quantitative estimate of drug-likeness (QED) is 0.343. The van der Waals surface area contributed by atoms with Crippen molar-refractivity contribution >= 4 is 14.3 Å². The minimum Gasteiger partial charge on any atom is -0.322 e. The zero-order chi connectivity index (χ0) is 23.6. The van der Waals surface area contributed by atoms with Crippen LogP contribution in [-0.4, -0.2) is 28.5 Å². The molecule has 9 unspecified atom stereocenters. The molecule has 0 bridgehead atoms. The molecule has 4 fully saturated rings. The zero-order valence-electron chi connectivity index (χ0n) is 22.4. The lowest BCUT2D eigenvalue weighted by atomic mass is 9.89. The Hall–Kier alpha value is 0.460. The van der Waals surface area contributed by atoms with Gasteiger partial charge in [0.05, 0.1) is 5.90 Å². The van der Waals surface area contributed by atoms with Crippen LogP contribution in [0.5, 0.6) is 0 Å². The Morgan fingerprint density at radius 2 is 0.939 bits per heavy atom. The van der Waals surface area contributed by atoms with E-state index in [1.54, 1.807) is 0 Å². The molecule has 0 saturated heterocycles. The van der Waals surface area contributed by atoms with Crippen LogP contribution in [0.25, 0.3) is 0 Å². The van der Waals surface area contributed by atoms with Gasteiger partial charge in [-0.3, -0.25) is 0 Å². The van der Waals surface area contributed by atoms with E-state index < -0.39 is 14.3 Å². The monoisotopic (exact) mass is 496 g/mol. The van der Waals surface area contributed by atoms with E-state index in [4.69, 9.17) is 0 Å². The van der Waals surface area contributed by atoms with Crippen molar-refractivity contribution in [1.82, 2.24) is 0 Å². The number of rotatable bonds is 6. The van der Waals surface area contributed by atoms with Gasteiger partial charge in [-0.25, -0.2) is 0 Å². The highest BCUT2D eigenvalue weighted by Crippen LogP contribution is 2.77. The third-order valence-corrected chi connectivity index (χ3v) is 21.8. The van der Waals surface area contributed by atoms with Crippen molar-refractivity contribution in [2.45, 2.75) is 153 Å². The lowest BCUT2D eigenvalue weighted by molar-refractivity contribution is 0.344. The van der Waals surface area contributed by atoms with Crippen LogP contribution in [0.1, 0.15) is 130 Å². The summed E-state index contributed by atoms with van der Waals surface area (Å²) in [6, 6.07) is 0. The van der Waals surface area contributed by atoms with Gasteiger partial charge >= 0.3 is 0 Å². The first-order valence-corrected chi connectivity index (χ1v) is 19.0. The van der Waals surface area contributed by atoms with Crippen LogP contribution >= 0.6 is 14.3 Å². The van der Waals surface area contributed by atoms with Crippen LogP contribution in [0.3, 0.4) is 0 Å². The van der Waals surface area contributed by atoms with E-state index in [0.29, 0.717) is 52.2 Å². The van der Waals surface area contributed by atoms with Gasteiger partial charge in [0.15, 0.2) is 0 Å². The summed E-state index contributed by atoms with van der Waals surface area (Å²) in [5.74, 6) is 3.03. The smallest absolute Gasteiger partial charge is 0.101 e. The summed E-state index contributed by atoms with van der Waals surface area (Å²) in [4.78, 5) is 0. The Kier molecular flexibility index (Phi) is 9.03. The normalized spacial score (nSPS) is 44.5. The van der Waals surface area contributed by atoms with Crippen molar-refractivity contribution in [2.75, 3.05) is 5.90 Å². The molecule has 0 amide bonds. The maximum Gasteiger partial charge on any atom is 0.101 e. The molecule has 0 spiro atoms. The average molecular weight is 497 g/mol. The van der Waals surface area contributed by atoms with E-state index in [0.717, 1.165) is 32.1 Å². The summed E-state index contributed by atoms with van der Waals surface area (Å²) in [6.07, 6.45) is 19.6. The summed E-state index contributed by atoms with van der Waals surface area (Å²) in [7, 11) is -5.08. The van der Waals surface area contributed by atoms with Gasteiger partial charge in [0, 0.05) is 22.6 Å². The molecule has 4 saturated carbocycles. The molecule has 0 aromatic carbocycles. The molecule has 192 valence electrons. The number of hydrogen-bond donors (Lipinski definition) is 0. The highest BCUT2D eigenvalue weighted by Gasteiger charge is 2.54. The van der Waals surface area contributed by atoms with E-state index in [2.05, 4.69) is 27.7 Å². The van der Waals surface area contributed by atoms with Crippen LogP contribution in [-0.2, 0) is 9.13 Å². The van der Waals surface area contributed by atoms with E-state index in [-0.39, 0.29) is 0 Å². The predicted octanol–water partition coefficient (Wildman–Crippen LogP) is 9.98. The van der Waals surface area contributed by atoms with Crippen molar-refractivity contribution in [1.29, 1.82) is 0 Å². The summed E-state index contributed by atoms with van der Waals surface area (Å²) < 4.78 is 31.3. The van der Waals surface area contributed by atoms with Crippen LogP contribution in [0.2, 0.25) is 0 Å². The largest absolute Gasteiger partial charge is 0.322 e. The molecule has 0 aromatic heterocycles. The average Bonchev–Trinajstić information content (AvgIpc) is 2.79. The maximum atomic E-state index is 15.7. The summed E-state index contributed by atoms with van der Waals surface area (Å²) in [5, 5.41) is 0. The first-order valence-electron chi connectivity index (χ1n) is 14.9. The molecule has 0 N–H and O–H groups in total. The van der Waals surface area contributed by atoms with Gasteiger partial charge < -0.3 is 9.13 Å². The van der Waals surface area contributed by atoms with E-state index in [1.807, 2.05) is 0 Å². The SMILES string of the molecule is CC1CCCC(P(=O)(CP(=O)(C2CCCCC2C)C2CCCCC2C)C2CCCCC2C)C1. The topological polar surface area (TPSA) is 34.1 Å². The van der Waals surface area contributed by atoms with Gasteiger partial charge in [-0.15, -0.1) is 0 Å². The first kappa shape index (κ1) is 26.5. The minimum absolute atomic E-state index is 0.352. The second-order valence-corrected chi connectivity index (χ2v) is 20.5. The Bertz CT molecular complexity index is 707. The van der Waals surface area contributed by atoms with Gasteiger partial charge in [0.1, 0.15) is 14.3 Å². The molecule has 9 atom stereocenters. The molecule has 4 rings (SSSR count). The highest BCUT2D eigenvalue weighted by molar-refractivity contribution is 7.82. The maximum absolute atomic E-state index is 15.7. The van der Waals surface area contributed by atoms with Gasteiger partial charge in [-0.2, -0.15) is 0 Å². The molecule has 2 nitrogen and oxygen atoms in total. The van der Waals surface area contributed by atoms with Crippen LogP contribution in [0.15, 0.2) is 0 Å². The number of hydrogen-bond acceptors (Lipinski definition) is 2. The highest BCUT2D eigenvalue weighted by atomic mass is 31.2.